The normalized spacial score (nSPS) is 37.9. The monoisotopic (exact) mass is 828 g/mol. The molecule has 12 atom stereocenters. The van der Waals surface area contributed by atoms with E-state index < -0.39 is 68.3 Å². The summed E-state index contributed by atoms with van der Waals surface area (Å²) in [6.07, 6.45) is 6.68. The van der Waals surface area contributed by atoms with Gasteiger partial charge in [-0.05, 0) is 116 Å². The number of rotatable bonds is 14. The summed E-state index contributed by atoms with van der Waals surface area (Å²) in [5, 5.41) is 11.0. The van der Waals surface area contributed by atoms with E-state index in [1.807, 2.05) is 0 Å². The number of carboxylic acids is 1. The Morgan fingerprint density at radius 1 is 0.983 bits per heavy atom. The van der Waals surface area contributed by atoms with Gasteiger partial charge in [0.15, 0.2) is 0 Å². The number of esters is 2. The van der Waals surface area contributed by atoms with Crippen molar-refractivity contribution in [3.63, 3.8) is 0 Å². The summed E-state index contributed by atoms with van der Waals surface area (Å²) in [6.45, 7) is 17.9. The quantitative estimate of drug-likeness (QED) is 0.101. The Bertz CT molecular complexity index is 1870. The molecule has 5 aliphatic rings. The van der Waals surface area contributed by atoms with E-state index in [0.29, 0.717) is 50.6 Å². The molecule has 4 N–H and O–H groups in total. The van der Waals surface area contributed by atoms with Crippen LogP contribution in [0.3, 0.4) is 0 Å². The minimum absolute atomic E-state index is 0.0776. The molecule has 13 heteroatoms. The molecule has 4 aliphatic carbocycles. The maximum Gasteiger partial charge on any atom is 0.323 e. The lowest BCUT2D eigenvalue weighted by atomic mass is 9.34. The molecule has 1 heterocycles. The van der Waals surface area contributed by atoms with Crippen molar-refractivity contribution in [1.29, 1.82) is 0 Å². The van der Waals surface area contributed by atoms with Gasteiger partial charge >= 0.3 is 17.9 Å². The van der Waals surface area contributed by atoms with Gasteiger partial charge in [-0.25, -0.2) is 13.1 Å². The molecule has 58 heavy (non-hydrogen) atoms. The first-order valence-electron chi connectivity index (χ1n) is 21.4. The molecule has 6 rings (SSSR count). The zero-order chi connectivity index (χ0) is 42.6. The fourth-order valence-corrected chi connectivity index (χ4v) is 14.0. The fraction of sp³-hybridized carbons (Fsp3) is 0.756. The number of nitrogens with one attached hydrogen (secondary N) is 1. The average Bonchev–Trinajstić information content (AvgIpc) is 3.15. The van der Waals surface area contributed by atoms with Gasteiger partial charge in [-0.1, -0.05) is 66.5 Å². The van der Waals surface area contributed by atoms with Crippen LogP contribution in [0.25, 0.3) is 0 Å². The molecular weight excluding hydrogens is 761 g/mol. The van der Waals surface area contributed by atoms with Gasteiger partial charge < -0.3 is 29.8 Å². The highest BCUT2D eigenvalue weighted by molar-refractivity contribution is 7.89. The molecule has 1 unspecified atom stereocenters. The lowest BCUT2D eigenvalue weighted by Crippen LogP contribution is -2.70. The van der Waals surface area contributed by atoms with E-state index in [-0.39, 0.29) is 46.4 Å². The summed E-state index contributed by atoms with van der Waals surface area (Å²) in [7, 11) is -2.20. The van der Waals surface area contributed by atoms with Crippen LogP contribution >= 0.6 is 0 Å². The zero-order valence-electron chi connectivity index (χ0n) is 36.1. The maximum atomic E-state index is 13.7. The summed E-state index contributed by atoms with van der Waals surface area (Å²) in [5.74, 6) is -0.877. The Kier molecular flexibility index (Phi) is 12.4. The molecule has 0 radical (unpaired) electrons. The number of carboxylic acid groups (broad SMARTS) is 1. The van der Waals surface area contributed by atoms with Gasteiger partial charge in [0.1, 0.15) is 24.0 Å². The standard InChI is InChI=1S/C45H68N2O10S/c1-27(2)28(3)41(5)21-22-43(7)32-17-18-36-42(6)25-55-26-45(36,33(32)19-20-44(43,8)37(41)39(49)50)24-35(56-29(4)48)38(42)57-40(51)34(46)12-10-11-23-47-58(52,53)31-15-13-30(54-9)14-16-31/h13-16,19,27-28,32,34-38,47H,10-12,17-18,20-26,46H2,1-9H3,(H,49,50)/t28-,32+,34?,35-,36+,37-,38+,41-,42-,43-,44+,45-/m1/s1. The second kappa shape index (κ2) is 16.1. The van der Waals surface area contributed by atoms with Crippen LogP contribution in [-0.4, -0.2) is 76.6 Å². The average molecular weight is 829 g/mol. The van der Waals surface area contributed by atoms with Crippen molar-refractivity contribution in [3.05, 3.63) is 35.9 Å². The van der Waals surface area contributed by atoms with Crippen molar-refractivity contribution < 1.29 is 46.9 Å². The molecule has 2 bridgehead atoms. The first-order chi connectivity index (χ1) is 27.1. The van der Waals surface area contributed by atoms with Crippen LogP contribution < -0.4 is 15.2 Å². The van der Waals surface area contributed by atoms with Gasteiger partial charge in [0, 0.05) is 24.3 Å². The largest absolute Gasteiger partial charge is 0.497 e. The SMILES string of the molecule is COc1ccc(S(=O)(=O)NCCCCC(N)C(=O)O[C@H]2[C@H](OC(C)=O)C[C@]34COC[C@]2(C)[C@@H]3CC[C@H]2C4=CC[C@@]3(C)[C@H](C(=O)O)[C@@](C)([C@H](C)C(C)C)CC[C@]23C)cc1. The van der Waals surface area contributed by atoms with Crippen molar-refractivity contribution in [2.24, 2.45) is 62.4 Å². The van der Waals surface area contributed by atoms with E-state index in [4.69, 9.17) is 24.7 Å². The minimum atomic E-state index is -3.71. The van der Waals surface area contributed by atoms with Gasteiger partial charge in [0.05, 0.1) is 31.1 Å². The number of fused-ring (bicyclic) bond motifs is 3. The van der Waals surface area contributed by atoms with Crippen LogP contribution in [0.5, 0.6) is 5.75 Å². The van der Waals surface area contributed by atoms with Gasteiger partial charge in [-0.3, -0.25) is 14.4 Å². The Morgan fingerprint density at radius 3 is 2.29 bits per heavy atom. The first-order valence-corrected chi connectivity index (χ1v) is 22.9. The number of carbonyl (C=O) groups is 3. The van der Waals surface area contributed by atoms with Crippen molar-refractivity contribution in [1.82, 2.24) is 4.72 Å². The molecule has 0 amide bonds. The van der Waals surface area contributed by atoms with Gasteiger partial charge in [-0.15, -0.1) is 0 Å². The van der Waals surface area contributed by atoms with Crippen molar-refractivity contribution >= 4 is 27.9 Å². The fourth-order valence-electron chi connectivity index (χ4n) is 13.0. The van der Waals surface area contributed by atoms with Crippen LogP contribution in [0.15, 0.2) is 40.8 Å². The third-order valence-electron chi connectivity index (χ3n) is 16.5. The highest BCUT2D eigenvalue weighted by Gasteiger charge is 2.72. The predicted octanol–water partition coefficient (Wildman–Crippen LogP) is 6.90. The molecule has 1 aromatic carbocycles. The number of hydrogen-bond donors (Lipinski definition) is 3. The lowest BCUT2D eigenvalue weighted by molar-refractivity contribution is -0.263. The summed E-state index contributed by atoms with van der Waals surface area (Å²) >= 11 is 0. The molecule has 1 aromatic rings. The predicted molar refractivity (Wildman–Crippen MR) is 219 cm³/mol. The van der Waals surface area contributed by atoms with Crippen molar-refractivity contribution in [3.8, 4) is 5.75 Å². The number of nitrogens with two attached hydrogens (primary N) is 1. The molecule has 12 nitrogen and oxygen atoms in total. The highest BCUT2D eigenvalue weighted by Crippen LogP contribution is 2.75. The van der Waals surface area contributed by atoms with Crippen LogP contribution in [0.4, 0.5) is 0 Å². The Morgan fingerprint density at radius 2 is 1.67 bits per heavy atom. The number of unbranched alkanes of at least 4 members (excludes halogenated alkanes) is 1. The highest BCUT2D eigenvalue weighted by atomic mass is 32.2. The van der Waals surface area contributed by atoms with E-state index in [2.05, 4.69) is 59.3 Å². The van der Waals surface area contributed by atoms with E-state index in [0.717, 1.165) is 25.7 Å². The molecule has 4 fully saturated rings. The summed E-state index contributed by atoms with van der Waals surface area (Å²) in [5.41, 5.74) is 5.49. The number of methoxy groups -OCH3 is 1. The smallest absolute Gasteiger partial charge is 0.323 e. The number of aliphatic carboxylic acids is 1. The van der Waals surface area contributed by atoms with E-state index in [1.54, 1.807) is 12.1 Å². The molecule has 3 saturated carbocycles. The number of ether oxygens (including phenoxy) is 4. The van der Waals surface area contributed by atoms with Crippen molar-refractivity contribution in [2.75, 3.05) is 26.9 Å². The lowest BCUT2D eigenvalue weighted by Gasteiger charge is -2.71. The topological polar surface area (TPSA) is 181 Å². The van der Waals surface area contributed by atoms with Gasteiger partial charge in [0.2, 0.25) is 10.0 Å². The van der Waals surface area contributed by atoms with E-state index >= 15 is 0 Å². The Balaban J connectivity index is 1.19. The molecular formula is C45H68N2O10S. The summed E-state index contributed by atoms with van der Waals surface area (Å²) < 4.78 is 52.1. The third-order valence-corrected chi connectivity index (χ3v) is 18.0. The van der Waals surface area contributed by atoms with E-state index in [1.165, 1.54) is 31.7 Å². The maximum absolute atomic E-state index is 13.7. The molecule has 0 spiro atoms. The molecule has 0 aromatic heterocycles. The number of sulfonamides is 1. The minimum Gasteiger partial charge on any atom is -0.497 e. The Labute approximate surface area is 345 Å². The third kappa shape index (κ3) is 7.31. The van der Waals surface area contributed by atoms with Crippen LogP contribution in [0.2, 0.25) is 0 Å². The second-order valence-corrected chi connectivity index (χ2v) is 21.5. The number of benzene rings is 1. The van der Waals surface area contributed by atoms with Crippen LogP contribution in [0, 0.1) is 56.7 Å². The second-order valence-electron chi connectivity index (χ2n) is 19.7. The van der Waals surface area contributed by atoms with Crippen LogP contribution in [0.1, 0.15) is 113 Å². The van der Waals surface area contributed by atoms with Crippen LogP contribution in [-0.2, 0) is 38.6 Å². The van der Waals surface area contributed by atoms with Crippen molar-refractivity contribution in [2.45, 2.75) is 136 Å². The zero-order valence-corrected chi connectivity index (χ0v) is 36.9. The van der Waals surface area contributed by atoms with Gasteiger partial charge in [0.25, 0.3) is 0 Å². The summed E-state index contributed by atoms with van der Waals surface area (Å²) in [4.78, 5) is 40.1. The molecule has 1 saturated heterocycles. The number of hydrogen-bond acceptors (Lipinski definition) is 10. The molecule has 324 valence electrons. The van der Waals surface area contributed by atoms with E-state index in [9.17, 15) is 27.9 Å². The number of allylic oxidation sites excluding steroid dienone is 1. The molecule has 1 aliphatic heterocycles. The summed E-state index contributed by atoms with van der Waals surface area (Å²) in [6, 6.07) is 5.17. The Hall–Kier alpha value is -3.00. The van der Waals surface area contributed by atoms with Gasteiger partial charge in [-0.2, -0.15) is 0 Å². The number of carbonyl (C=O) groups excluding carboxylic acids is 2. The first kappa shape index (κ1) is 44.5.